The summed E-state index contributed by atoms with van der Waals surface area (Å²) < 4.78 is 0. The number of rotatable bonds is 9. The summed E-state index contributed by atoms with van der Waals surface area (Å²) in [5.41, 5.74) is 0.750. The molecule has 35 heavy (non-hydrogen) atoms. The molecule has 0 unspecified atom stereocenters. The highest BCUT2D eigenvalue weighted by molar-refractivity contribution is 6.31. The summed E-state index contributed by atoms with van der Waals surface area (Å²) in [7, 11) is 0. The third-order valence-electron chi connectivity index (χ3n) is 7.53. The zero-order valence-electron chi connectivity index (χ0n) is 20.2. The lowest BCUT2D eigenvalue weighted by Gasteiger charge is -2.32. The van der Waals surface area contributed by atoms with Crippen LogP contribution >= 0.6 is 11.6 Å². The van der Waals surface area contributed by atoms with Crippen LogP contribution in [-0.4, -0.2) is 52.1 Å². The van der Waals surface area contributed by atoms with E-state index in [2.05, 4.69) is 5.32 Å². The second kappa shape index (κ2) is 11.4. The van der Waals surface area contributed by atoms with Crippen molar-refractivity contribution in [2.75, 3.05) is 6.54 Å². The number of allylic oxidation sites excluding steroid dienone is 2. The smallest absolute Gasteiger partial charge is 0.243 e. The molecule has 0 radical (unpaired) electrons. The number of fused-ring (bicyclic) bond motifs is 1. The van der Waals surface area contributed by atoms with Crippen LogP contribution in [0.15, 0.2) is 36.4 Å². The van der Waals surface area contributed by atoms with Gasteiger partial charge in [0.05, 0.1) is 11.8 Å². The third kappa shape index (κ3) is 5.61. The molecule has 8 heteroatoms. The van der Waals surface area contributed by atoms with Crippen molar-refractivity contribution in [2.24, 2.45) is 11.8 Å². The van der Waals surface area contributed by atoms with E-state index in [1.807, 2.05) is 37.3 Å². The Morgan fingerprint density at radius 2 is 1.71 bits per heavy atom. The molecule has 1 heterocycles. The van der Waals surface area contributed by atoms with Gasteiger partial charge in [-0.15, -0.1) is 0 Å². The molecule has 3 aliphatic rings. The Bertz CT molecular complexity index is 978. The van der Waals surface area contributed by atoms with E-state index < -0.39 is 6.04 Å². The fraction of sp³-hybridized carbons (Fsp3) is 0.556. The van der Waals surface area contributed by atoms with E-state index in [9.17, 15) is 19.2 Å². The van der Waals surface area contributed by atoms with Gasteiger partial charge in [-0.05, 0) is 43.7 Å². The summed E-state index contributed by atoms with van der Waals surface area (Å²) in [5, 5.41) is 3.65. The van der Waals surface area contributed by atoms with Gasteiger partial charge in [-0.1, -0.05) is 61.7 Å². The quantitative estimate of drug-likeness (QED) is 0.413. The van der Waals surface area contributed by atoms with Gasteiger partial charge in [0.2, 0.25) is 23.6 Å². The van der Waals surface area contributed by atoms with Crippen molar-refractivity contribution in [1.82, 2.24) is 15.1 Å². The number of nitrogens with one attached hydrogen (secondary N) is 1. The molecule has 0 aromatic heterocycles. The summed E-state index contributed by atoms with van der Waals surface area (Å²) in [5.74, 6) is -1.45. The van der Waals surface area contributed by atoms with Gasteiger partial charge in [0.25, 0.3) is 0 Å². The first-order valence-corrected chi connectivity index (χ1v) is 13.1. The van der Waals surface area contributed by atoms with Crippen molar-refractivity contribution in [3.8, 4) is 0 Å². The summed E-state index contributed by atoms with van der Waals surface area (Å²) in [6, 6.07) is 6.76. The molecule has 3 atom stereocenters. The molecule has 2 fully saturated rings. The molecule has 1 saturated heterocycles. The second-order valence-electron chi connectivity index (χ2n) is 9.76. The van der Waals surface area contributed by atoms with Crippen LogP contribution in [-0.2, 0) is 25.7 Å². The van der Waals surface area contributed by atoms with Crippen LogP contribution in [0.25, 0.3) is 0 Å². The molecule has 4 rings (SSSR count). The van der Waals surface area contributed by atoms with Crippen molar-refractivity contribution >= 4 is 35.2 Å². The monoisotopic (exact) mass is 499 g/mol. The SMILES string of the molecule is CC[C@@H](C(=O)NC1CCCC1)N(Cc1ccccc1Cl)C(=O)CCN1C(=O)[C@H]2CC=CC[C@H]2C1=O. The topological polar surface area (TPSA) is 86.8 Å². The number of hydrogen-bond donors (Lipinski definition) is 1. The predicted molar refractivity (Wildman–Crippen MR) is 133 cm³/mol. The average molecular weight is 500 g/mol. The van der Waals surface area contributed by atoms with Crippen molar-refractivity contribution in [3.05, 3.63) is 47.0 Å². The molecule has 188 valence electrons. The number of halogens is 1. The molecular formula is C27H34ClN3O4. The number of carbonyl (C=O) groups is 4. The lowest BCUT2D eigenvalue weighted by atomic mass is 9.85. The van der Waals surface area contributed by atoms with E-state index >= 15 is 0 Å². The van der Waals surface area contributed by atoms with E-state index in [0.717, 1.165) is 31.2 Å². The van der Waals surface area contributed by atoms with Gasteiger partial charge >= 0.3 is 0 Å². The number of hydrogen-bond acceptors (Lipinski definition) is 4. The number of amides is 4. The van der Waals surface area contributed by atoms with Crippen molar-refractivity contribution in [2.45, 2.75) is 76.9 Å². The largest absolute Gasteiger partial charge is 0.352 e. The fourth-order valence-electron chi connectivity index (χ4n) is 5.54. The Morgan fingerprint density at radius 1 is 1.09 bits per heavy atom. The molecule has 1 saturated carbocycles. The highest BCUT2D eigenvalue weighted by Crippen LogP contribution is 2.35. The number of carbonyl (C=O) groups excluding carboxylic acids is 4. The minimum atomic E-state index is -0.656. The lowest BCUT2D eigenvalue weighted by molar-refractivity contribution is -0.144. The zero-order valence-corrected chi connectivity index (χ0v) is 21.0. The number of likely N-dealkylation sites (tertiary alicyclic amines) is 1. The second-order valence-corrected chi connectivity index (χ2v) is 10.2. The van der Waals surface area contributed by atoms with Crippen LogP contribution in [0.1, 0.15) is 63.9 Å². The number of nitrogens with zero attached hydrogens (tertiary/aromatic N) is 2. The van der Waals surface area contributed by atoms with Crippen molar-refractivity contribution < 1.29 is 19.2 Å². The maximum atomic E-state index is 13.5. The first kappa shape index (κ1) is 25.4. The Morgan fingerprint density at radius 3 is 2.31 bits per heavy atom. The molecule has 2 aliphatic carbocycles. The van der Waals surface area contributed by atoms with E-state index in [4.69, 9.17) is 11.6 Å². The molecule has 1 N–H and O–H groups in total. The zero-order chi connectivity index (χ0) is 24.9. The molecule has 1 aliphatic heterocycles. The predicted octanol–water partition coefficient (Wildman–Crippen LogP) is 3.85. The van der Waals surface area contributed by atoms with Crippen LogP contribution in [0.5, 0.6) is 0 Å². The molecule has 1 aromatic carbocycles. The highest BCUT2D eigenvalue weighted by Gasteiger charge is 2.47. The molecule has 0 bridgehead atoms. The maximum Gasteiger partial charge on any atom is 0.243 e. The van der Waals surface area contributed by atoms with Gasteiger partial charge in [0.15, 0.2) is 0 Å². The Labute approximate surface area is 211 Å². The van der Waals surface area contributed by atoms with E-state index in [-0.39, 0.29) is 61.0 Å². The van der Waals surface area contributed by atoms with E-state index in [1.54, 1.807) is 11.0 Å². The molecule has 1 aromatic rings. The van der Waals surface area contributed by atoms with Gasteiger partial charge in [0, 0.05) is 30.6 Å². The molecule has 4 amide bonds. The normalized spacial score (nSPS) is 22.9. The summed E-state index contributed by atoms with van der Waals surface area (Å²) in [6.45, 7) is 2.10. The lowest BCUT2D eigenvalue weighted by Crippen LogP contribution is -2.51. The number of imide groups is 1. The summed E-state index contributed by atoms with van der Waals surface area (Å²) in [4.78, 5) is 55.2. The molecule has 7 nitrogen and oxygen atoms in total. The van der Waals surface area contributed by atoms with Crippen molar-refractivity contribution in [1.29, 1.82) is 0 Å². The first-order valence-electron chi connectivity index (χ1n) is 12.7. The van der Waals surface area contributed by atoms with Crippen LogP contribution in [0.3, 0.4) is 0 Å². The Kier molecular flexibility index (Phi) is 8.26. The Hall–Kier alpha value is -2.67. The van der Waals surface area contributed by atoms with Crippen LogP contribution in [0.4, 0.5) is 0 Å². The van der Waals surface area contributed by atoms with E-state index in [0.29, 0.717) is 24.3 Å². The van der Waals surface area contributed by atoms with Gasteiger partial charge < -0.3 is 10.2 Å². The van der Waals surface area contributed by atoms with Gasteiger partial charge in [-0.25, -0.2) is 0 Å². The maximum absolute atomic E-state index is 13.5. The average Bonchev–Trinajstić information content (AvgIpc) is 3.45. The molecule has 0 spiro atoms. The van der Waals surface area contributed by atoms with Crippen LogP contribution in [0, 0.1) is 11.8 Å². The van der Waals surface area contributed by atoms with E-state index in [1.165, 1.54) is 4.90 Å². The third-order valence-corrected chi connectivity index (χ3v) is 7.90. The van der Waals surface area contributed by atoms with Crippen LogP contribution in [0.2, 0.25) is 5.02 Å². The number of benzene rings is 1. The summed E-state index contributed by atoms with van der Waals surface area (Å²) >= 11 is 6.38. The fourth-order valence-corrected chi connectivity index (χ4v) is 5.73. The minimum Gasteiger partial charge on any atom is -0.352 e. The summed E-state index contributed by atoms with van der Waals surface area (Å²) in [6.07, 6.45) is 9.55. The standard InChI is InChI=1S/C27H34ClN3O4/c1-2-23(25(33)29-19-10-4-5-11-19)31(17-18-9-3-8-14-22(18)28)24(32)15-16-30-26(34)20-12-6-7-13-21(20)27(30)35/h3,6-9,14,19-21,23H,2,4-5,10-13,15-17H2,1H3,(H,29,33)/t20-,21+,23-/m0/s1. The van der Waals surface area contributed by atoms with Gasteiger partial charge in [-0.3, -0.25) is 24.1 Å². The minimum absolute atomic E-state index is 0.0258. The first-order chi connectivity index (χ1) is 16.9. The Balaban J connectivity index is 1.49. The van der Waals surface area contributed by atoms with Gasteiger partial charge in [0.1, 0.15) is 6.04 Å². The van der Waals surface area contributed by atoms with Crippen LogP contribution < -0.4 is 5.32 Å². The molecular weight excluding hydrogens is 466 g/mol. The van der Waals surface area contributed by atoms with Gasteiger partial charge in [-0.2, -0.15) is 0 Å². The highest BCUT2D eigenvalue weighted by atomic mass is 35.5. The van der Waals surface area contributed by atoms with Crippen molar-refractivity contribution in [3.63, 3.8) is 0 Å².